The van der Waals surface area contributed by atoms with Crippen molar-refractivity contribution in [2.45, 2.75) is 25.8 Å². The number of nitrogens with zero attached hydrogens (tertiary/aromatic N) is 1. The standard InChI is InChI=1S/C15H22BrClN2/c1-19-8-5-12(6-9-19)4-7-18-11-13-2-3-14(16)10-15(13)17/h2-3,10,12,18H,4-9,11H2,1H3. The van der Waals surface area contributed by atoms with Crippen LogP contribution >= 0.6 is 27.5 Å². The predicted octanol–water partition coefficient (Wildman–Crippen LogP) is 3.92. The molecular weight excluding hydrogens is 324 g/mol. The van der Waals surface area contributed by atoms with Crippen LogP contribution in [0.5, 0.6) is 0 Å². The zero-order chi connectivity index (χ0) is 13.7. The summed E-state index contributed by atoms with van der Waals surface area (Å²) >= 11 is 9.62. The molecule has 4 heteroatoms. The first-order valence-corrected chi connectivity index (χ1v) is 8.15. The number of benzene rings is 1. The molecular formula is C15H22BrClN2. The highest BCUT2D eigenvalue weighted by Crippen LogP contribution is 2.22. The first kappa shape index (κ1) is 15.3. The highest BCUT2D eigenvalue weighted by Gasteiger charge is 2.15. The van der Waals surface area contributed by atoms with Crippen molar-refractivity contribution in [1.29, 1.82) is 0 Å². The fourth-order valence-electron chi connectivity index (χ4n) is 2.55. The molecule has 1 saturated heterocycles. The Labute approximate surface area is 129 Å². The Balaban J connectivity index is 1.66. The van der Waals surface area contributed by atoms with Gasteiger partial charge in [-0.1, -0.05) is 33.6 Å². The van der Waals surface area contributed by atoms with Crippen LogP contribution in [0.2, 0.25) is 5.02 Å². The Hall–Kier alpha value is -0.0900. The predicted molar refractivity (Wildman–Crippen MR) is 85.7 cm³/mol. The Morgan fingerprint density at radius 3 is 2.79 bits per heavy atom. The van der Waals surface area contributed by atoms with Crippen molar-refractivity contribution in [2.24, 2.45) is 5.92 Å². The summed E-state index contributed by atoms with van der Waals surface area (Å²) < 4.78 is 1.03. The van der Waals surface area contributed by atoms with Gasteiger partial charge in [-0.3, -0.25) is 0 Å². The van der Waals surface area contributed by atoms with Crippen LogP contribution in [0, 0.1) is 5.92 Å². The van der Waals surface area contributed by atoms with Gasteiger partial charge < -0.3 is 10.2 Å². The number of halogens is 2. The van der Waals surface area contributed by atoms with Crippen LogP contribution < -0.4 is 5.32 Å². The van der Waals surface area contributed by atoms with Gasteiger partial charge in [-0.15, -0.1) is 0 Å². The van der Waals surface area contributed by atoms with Gasteiger partial charge in [-0.2, -0.15) is 0 Å². The van der Waals surface area contributed by atoms with Gasteiger partial charge in [0.2, 0.25) is 0 Å². The van der Waals surface area contributed by atoms with Gasteiger partial charge in [0.15, 0.2) is 0 Å². The Bertz CT molecular complexity index is 403. The van der Waals surface area contributed by atoms with E-state index in [9.17, 15) is 0 Å². The molecule has 0 aliphatic carbocycles. The molecule has 0 atom stereocenters. The summed E-state index contributed by atoms with van der Waals surface area (Å²) in [5.74, 6) is 0.893. The summed E-state index contributed by atoms with van der Waals surface area (Å²) in [5.41, 5.74) is 1.17. The third-order valence-electron chi connectivity index (χ3n) is 3.90. The van der Waals surface area contributed by atoms with Gasteiger partial charge in [-0.25, -0.2) is 0 Å². The minimum atomic E-state index is 0.834. The molecule has 19 heavy (non-hydrogen) atoms. The first-order valence-electron chi connectivity index (χ1n) is 6.98. The molecule has 1 aliphatic rings. The SMILES string of the molecule is CN1CCC(CCNCc2ccc(Br)cc2Cl)CC1. The molecule has 2 rings (SSSR count). The summed E-state index contributed by atoms with van der Waals surface area (Å²) in [6.45, 7) is 4.45. The molecule has 0 saturated carbocycles. The van der Waals surface area contributed by atoms with Crippen LogP contribution in [-0.4, -0.2) is 31.6 Å². The molecule has 1 N–H and O–H groups in total. The molecule has 1 aliphatic heterocycles. The van der Waals surface area contributed by atoms with E-state index in [-0.39, 0.29) is 0 Å². The van der Waals surface area contributed by atoms with E-state index in [1.54, 1.807) is 0 Å². The minimum Gasteiger partial charge on any atom is -0.313 e. The second-order valence-electron chi connectivity index (χ2n) is 5.45. The molecule has 0 unspecified atom stereocenters. The summed E-state index contributed by atoms with van der Waals surface area (Å²) in [6, 6.07) is 6.07. The normalized spacial score (nSPS) is 17.8. The zero-order valence-electron chi connectivity index (χ0n) is 11.5. The third-order valence-corrected chi connectivity index (χ3v) is 4.74. The maximum Gasteiger partial charge on any atom is 0.0462 e. The largest absolute Gasteiger partial charge is 0.313 e. The van der Waals surface area contributed by atoms with Crippen molar-refractivity contribution in [1.82, 2.24) is 10.2 Å². The lowest BCUT2D eigenvalue weighted by Crippen LogP contribution is -2.31. The van der Waals surface area contributed by atoms with Crippen molar-refractivity contribution in [2.75, 3.05) is 26.7 Å². The van der Waals surface area contributed by atoms with E-state index in [4.69, 9.17) is 11.6 Å². The Morgan fingerprint density at radius 1 is 1.37 bits per heavy atom. The van der Waals surface area contributed by atoms with E-state index in [1.807, 2.05) is 12.1 Å². The monoisotopic (exact) mass is 344 g/mol. The summed E-state index contributed by atoms with van der Waals surface area (Å²) in [7, 11) is 2.21. The van der Waals surface area contributed by atoms with E-state index >= 15 is 0 Å². The topological polar surface area (TPSA) is 15.3 Å². The second-order valence-corrected chi connectivity index (χ2v) is 6.77. The van der Waals surface area contributed by atoms with Gasteiger partial charge in [0.05, 0.1) is 0 Å². The minimum absolute atomic E-state index is 0.834. The van der Waals surface area contributed by atoms with Crippen LogP contribution in [0.4, 0.5) is 0 Å². The maximum atomic E-state index is 6.20. The summed E-state index contributed by atoms with van der Waals surface area (Å²) in [6.07, 6.45) is 3.97. The first-order chi connectivity index (χ1) is 9.15. The number of likely N-dealkylation sites (tertiary alicyclic amines) is 1. The lowest BCUT2D eigenvalue weighted by Gasteiger charge is -2.28. The summed E-state index contributed by atoms with van der Waals surface area (Å²) in [5, 5.41) is 4.34. The average Bonchev–Trinajstić information content (AvgIpc) is 2.39. The van der Waals surface area contributed by atoms with E-state index < -0.39 is 0 Å². The molecule has 1 aromatic rings. The van der Waals surface area contributed by atoms with E-state index in [1.165, 1.54) is 37.9 Å². The Morgan fingerprint density at radius 2 is 2.11 bits per heavy atom. The zero-order valence-corrected chi connectivity index (χ0v) is 13.8. The van der Waals surface area contributed by atoms with Crippen LogP contribution in [-0.2, 0) is 6.54 Å². The number of rotatable bonds is 5. The quantitative estimate of drug-likeness (QED) is 0.814. The number of piperidine rings is 1. The van der Waals surface area contributed by atoms with Gasteiger partial charge in [0.1, 0.15) is 0 Å². The summed E-state index contributed by atoms with van der Waals surface area (Å²) in [4.78, 5) is 2.42. The van der Waals surface area contributed by atoms with Gasteiger partial charge in [0.25, 0.3) is 0 Å². The lowest BCUT2D eigenvalue weighted by atomic mass is 9.94. The number of hydrogen-bond donors (Lipinski definition) is 1. The molecule has 2 nitrogen and oxygen atoms in total. The highest BCUT2D eigenvalue weighted by molar-refractivity contribution is 9.10. The fourth-order valence-corrected chi connectivity index (χ4v) is 3.29. The van der Waals surface area contributed by atoms with Crippen molar-refractivity contribution < 1.29 is 0 Å². The van der Waals surface area contributed by atoms with E-state index in [0.29, 0.717) is 0 Å². The van der Waals surface area contributed by atoms with E-state index in [2.05, 4.69) is 39.3 Å². The smallest absolute Gasteiger partial charge is 0.0462 e. The lowest BCUT2D eigenvalue weighted by molar-refractivity contribution is 0.211. The van der Waals surface area contributed by atoms with Gasteiger partial charge in [0, 0.05) is 16.0 Å². The van der Waals surface area contributed by atoms with Gasteiger partial charge in [-0.05, 0) is 69.6 Å². The average molecular weight is 346 g/mol. The molecule has 0 radical (unpaired) electrons. The van der Waals surface area contributed by atoms with Crippen LogP contribution in [0.15, 0.2) is 22.7 Å². The molecule has 0 amide bonds. The third kappa shape index (κ3) is 5.07. The maximum absolute atomic E-state index is 6.20. The number of hydrogen-bond acceptors (Lipinski definition) is 2. The van der Waals surface area contributed by atoms with Crippen molar-refractivity contribution in [3.8, 4) is 0 Å². The molecule has 0 spiro atoms. The van der Waals surface area contributed by atoms with E-state index in [0.717, 1.165) is 28.5 Å². The number of nitrogens with one attached hydrogen (secondary N) is 1. The molecule has 106 valence electrons. The van der Waals surface area contributed by atoms with Crippen LogP contribution in [0.25, 0.3) is 0 Å². The van der Waals surface area contributed by atoms with Gasteiger partial charge >= 0.3 is 0 Å². The second kappa shape index (κ2) is 7.63. The van der Waals surface area contributed by atoms with Crippen molar-refractivity contribution >= 4 is 27.5 Å². The Kier molecular flexibility index (Phi) is 6.14. The molecule has 0 aromatic heterocycles. The molecule has 0 bridgehead atoms. The molecule has 1 heterocycles. The van der Waals surface area contributed by atoms with Crippen molar-refractivity contribution in [3.05, 3.63) is 33.3 Å². The fraction of sp³-hybridized carbons (Fsp3) is 0.600. The van der Waals surface area contributed by atoms with Crippen LogP contribution in [0.1, 0.15) is 24.8 Å². The molecule has 1 fully saturated rings. The molecule has 1 aromatic carbocycles. The van der Waals surface area contributed by atoms with Crippen LogP contribution in [0.3, 0.4) is 0 Å². The highest BCUT2D eigenvalue weighted by atomic mass is 79.9. The van der Waals surface area contributed by atoms with Crippen molar-refractivity contribution in [3.63, 3.8) is 0 Å².